The minimum Gasteiger partial charge on any atom is -0.396 e. The number of amides is 1. The highest BCUT2D eigenvalue weighted by molar-refractivity contribution is 5.80. The SMILES string of the molecule is CC(C)C(CCO)NC(=O)C1CCC(N)C(C)C1(C)C. The zero-order chi connectivity index (χ0) is 15.5. The van der Waals surface area contributed by atoms with E-state index in [1.807, 2.05) is 0 Å². The summed E-state index contributed by atoms with van der Waals surface area (Å²) in [6.45, 7) is 10.7. The van der Waals surface area contributed by atoms with Crippen LogP contribution in [0.25, 0.3) is 0 Å². The molecule has 0 heterocycles. The summed E-state index contributed by atoms with van der Waals surface area (Å²) in [5, 5.41) is 12.3. The van der Waals surface area contributed by atoms with Crippen LogP contribution < -0.4 is 11.1 Å². The molecule has 1 fully saturated rings. The van der Waals surface area contributed by atoms with Crippen LogP contribution in [0.1, 0.15) is 53.9 Å². The Bertz CT molecular complexity index is 328. The van der Waals surface area contributed by atoms with Gasteiger partial charge in [-0.15, -0.1) is 0 Å². The highest BCUT2D eigenvalue weighted by Crippen LogP contribution is 2.44. The van der Waals surface area contributed by atoms with Crippen molar-refractivity contribution in [2.24, 2.45) is 28.9 Å². The lowest BCUT2D eigenvalue weighted by Gasteiger charge is -2.46. The molecule has 4 heteroatoms. The molecular weight excluding hydrogens is 252 g/mol. The number of hydrogen-bond donors (Lipinski definition) is 3. The Kier molecular flexibility index (Phi) is 6.02. The third-order valence-corrected chi connectivity index (χ3v) is 5.39. The molecule has 1 aliphatic carbocycles. The highest BCUT2D eigenvalue weighted by atomic mass is 16.3. The zero-order valence-electron chi connectivity index (χ0n) is 13.6. The van der Waals surface area contributed by atoms with Gasteiger partial charge in [0.25, 0.3) is 0 Å². The first-order valence-electron chi connectivity index (χ1n) is 7.88. The van der Waals surface area contributed by atoms with Crippen molar-refractivity contribution in [3.05, 3.63) is 0 Å². The molecule has 0 aromatic heterocycles. The summed E-state index contributed by atoms with van der Waals surface area (Å²) < 4.78 is 0. The Balaban J connectivity index is 2.75. The predicted molar refractivity (Wildman–Crippen MR) is 82.1 cm³/mol. The molecule has 1 aliphatic rings. The molecule has 0 saturated heterocycles. The average Bonchev–Trinajstić information content (AvgIpc) is 2.35. The second-order valence-corrected chi connectivity index (χ2v) is 7.28. The van der Waals surface area contributed by atoms with Gasteiger partial charge in [0, 0.05) is 24.6 Å². The van der Waals surface area contributed by atoms with E-state index in [1.54, 1.807) is 0 Å². The van der Waals surface area contributed by atoms with Crippen LogP contribution in [0, 0.1) is 23.2 Å². The van der Waals surface area contributed by atoms with Gasteiger partial charge in [0.15, 0.2) is 0 Å². The van der Waals surface area contributed by atoms with E-state index in [9.17, 15) is 4.79 Å². The molecule has 0 aromatic carbocycles. The average molecular weight is 284 g/mol. The van der Waals surface area contributed by atoms with Crippen LogP contribution in [0.15, 0.2) is 0 Å². The van der Waals surface area contributed by atoms with Gasteiger partial charge in [-0.25, -0.2) is 0 Å². The second kappa shape index (κ2) is 6.90. The van der Waals surface area contributed by atoms with Gasteiger partial charge in [0.2, 0.25) is 5.91 Å². The topological polar surface area (TPSA) is 75.3 Å². The highest BCUT2D eigenvalue weighted by Gasteiger charge is 2.45. The number of carbonyl (C=O) groups excluding carboxylic acids is 1. The number of nitrogens with two attached hydrogens (primary N) is 1. The van der Waals surface area contributed by atoms with Crippen molar-refractivity contribution in [2.75, 3.05) is 6.61 Å². The molecule has 0 spiro atoms. The molecule has 1 amide bonds. The Morgan fingerprint density at radius 1 is 1.40 bits per heavy atom. The summed E-state index contributed by atoms with van der Waals surface area (Å²) >= 11 is 0. The lowest BCUT2D eigenvalue weighted by atomic mass is 9.61. The van der Waals surface area contributed by atoms with Crippen LogP contribution in [0.5, 0.6) is 0 Å². The van der Waals surface area contributed by atoms with Gasteiger partial charge in [-0.3, -0.25) is 4.79 Å². The maximum absolute atomic E-state index is 12.6. The number of aliphatic hydroxyl groups excluding tert-OH is 1. The first kappa shape index (κ1) is 17.4. The van der Waals surface area contributed by atoms with E-state index in [-0.39, 0.29) is 35.9 Å². The first-order chi connectivity index (χ1) is 9.21. The largest absolute Gasteiger partial charge is 0.396 e. The van der Waals surface area contributed by atoms with Crippen LogP contribution in [-0.4, -0.2) is 29.7 Å². The maximum Gasteiger partial charge on any atom is 0.223 e. The van der Waals surface area contributed by atoms with Gasteiger partial charge >= 0.3 is 0 Å². The molecule has 0 bridgehead atoms. The minimum absolute atomic E-state index is 0.0113. The maximum atomic E-state index is 12.6. The molecule has 0 aliphatic heterocycles. The monoisotopic (exact) mass is 284 g/mol. The van der Waals surface area contributed by atoms with Crippen molar-refractivity contribution in [3.8, 4) is 0 Å². The van der Waals surface area contributed by atoms with Crippen LogP contribution in [0.3, 0.4) is 0 Å². The first-order valence-corrected chi connectivity index (χ1v) is 7.88. The Morgan fingerprint density at radius 2 is 2.00 bits per heavy atom. The van der Waals surface area contributed by atoms with Crippen molar-refractivity contribution < 1.29 is 9.90 Å². The molecular formula is C16H32N2O2. The van der Waals surface area contributed by atoms with Gasteiger partial charge in [0.05, 0.1) is 0 Å². The van der Waals surface area contributed by atoms with Gasteiger partial charge in [0.1, 0.15) is 0 Å². The van der Waals surface area contributed by atoms with Crippen molar-refractivity contribution >= 4 is 5.91 Å². The van der Waals surface area contributed by atoms with Gasteiger partial charge in [-0.05, 0) is 36.5 Å². The molecule has 118 valence electrons. The third kappa shape index (κ3) is 3.73. The smallest absolute Gasteiger partial charge is 0.223 e. The van der Waals surface area contributed by atoms with E-state index < -0.39 is 0 Å². The fourth-order valence-corrected chi connectivity index (χ4v) is 3.31. The number of aliphatic hydroxyl groups is 1. The summed E-state index contributed by atoms with van der Waals surface area (Å²) in [4.78, 5) is 12.6. The van der Waals surface area contributed by atoms with Gasteiger partial charge < -0.3 is 16.2 Å². The molecule has 4 unspecified atom stereocenters. The van der Waals surface area contributed by atoms with Crippen molar-refractivity contribution in [1.82, 2.24) is 5.32 Å². The number of carbonyl (C=O) groups is 1. The van der Waals surface area contributed by atoms with Gasteiger partial charge in [-0.1, -0.05) is 34.6 Å². The number of hydrogen-bond acceptors (Lipinski definition) is 3. The summed E-state index contributed by atoms with van der Waals surface area (Å²) in [5.74, 6) is 0.804. The molecule has 1 rings (SSSR count). The fourth-order valence-electron chi connectivity index (χ4n) is 3.31. The zero-order valence-corrected chi connectivity index (χ0v) is 13.6. The van der Waals surface area contributed by atoms with E-state index in [2.05, 4.69) is 39.9 Å². The summed E-state index contributed by atoms with van der Waals surface area (Å²) in [6, 6.07) is 0.238. The van der Waals surface area contributed by atoms with Crippen molar-refractivity contribution in [2.45, 2.75) is 66.0 Å². The predicted octanol–water partition coefficient (Wildman–Crippen LogP) is 1.91. The Morgan fingerprint density at radius 3 is 2.50 bits per heavy atom. The van der Waals surface area contributed by atoms with E-state index in [0.717, 1.165) is 12.8 Å². The van der Waals surface area contributed by atoms with Crippen LogP contribution in [0.4, 0.5) is 0 Å². The summed E-state index contributed by atoms with van der Waals surface area (Å²) in [5.41, 5.74) is 6.07. The van der Waals surface area contributed by atoms with E-state index in [0.29, 0.717) is 18.3 Å². The molecule has 0 aromatic rings. The Hall–Kier alpha value is -0.610. The van der Waals surface area contributed by atoms with E-state index in [1.165, 1.54) is 0 Å². The van der Waals surface area contributed by atoms with E-state index in [4.69, 9.17) is 10.8 Å². The van der Waals surface area contributed by atoms with E-state index >= 15 is 0 Å². The number of rotatable bonds is 5. The molecule has 4 atom stereocenters. The summed E-state index contributed by atoms with van der Waals surface area (Å²) in [6.07, 6.45) is 2.38. The second-order valence-electron chi connectivity index (χ2n) is 7.28. The molecule has 0 radical (unpaired) electrons. The third-order valence-electron chi connectivity index (χ3n) is 5.39. The molecule has 4 N–H and O–H groups in total. The fraction of sp³-hybridized carbons (Fsp3) is 0.938. The minimum atomic E-state index is -0.0809. The molecule has 20 heavy (non-hydrogen) atoms. The Labute approximate surface area is 123 Å². The van der Waals surface area contributed by atoms with Crippen LogP contribution in [0.2, 0.25) is 0 Å². The van der Waals surface area contributed by atoms with Crippen LogP contribution >= 0.6 is 0 Å². The standard InChI is InChI=1S/C16H32N2O2/c1-10(2)14(8-9-19)18-15(20)12-6-7-13(17)11(3)16(12,4)5/h10-14,19H,6-9,17H2,1-5H3,(H,18,20). The normalized spacial score (nSPS) is 31.1. The van der Waals surface area contributed by atoms with Gasteiger partial charge in [-0.2, -0.15) is 0 Å². The van der Waals surface area contributed by atoms with Crippen molar-refractivity contribution in [1.29, 1.82) is 0 Å². The van der Waals surface area contributed by atoms with Crippen LogP contribution in [-0.2, 0) is 4.79 Å². The quantitative estimate of drug-likeness (QED) is 0.722. The number of nitrogens with one attached hydrogen (secondary N) is 1. The van der Waals surface area contributed by atoms with Crippen molar-refractivity contribution in [3.63, 3.8) is 0 Å². The lowest BCUT2D eigenvalue weighted by Crippen LogP contribution is -2.53. The molecule has 1 saturated carbocycles. The molecule has 4 nitrogen and oxygen atoms in total. The lowest BCUT2D eigenvalue weighted by molar-refractivity contribution is -0.133. The summed E-state index contributed by atoms with van der Waals surface area (Å²) in [7, 11) is 0.